The summed E-state index contributed by atoms with van der Waals surface area (Å²) in [6.07, 6.45) is 0.0110. The van der Waals surface area contributed by atoms with Crippen LogP contribution in [0.4, 0.5) is 0 Å². The summed E-state index contributed by atoms with van der Waals surface area (Å²) in [6, 6.07) is 20.7. The second-order valence-corrected chi connectivity index (χ2v) is 10.4. The first kappa shape index (κ1) is 24.4. The lowest BCUT2D eigenvalue weighted by Crippen LogP contribution is -2.64. The second kappa shape index (κ2) is 9.49. The Morgan fingerprint density at radius 3 is 2.26 bits per heavy atom. The summed E-state index contributed by atoms with van der Waals surface area (Å²) in [6.45, 7) is 0.131. The Balaban J connectivity index is 1.58. The van der Waals surface area contributed by atoms with Crippen LogP contribution in [0.25, 0.3) is 0 Å². The van der Waals surface area contributed by atoms with Gasteiger partial charge in [0.2, 0.25) is 15.9 Å². The van der Waals surface area contributed by atoms with E-state index >= 15 is 0 Å². The lowest BCUT2D eigenvalue weighted by Gasteiger charge is -2.48. The van der Waals surface area contributed by atoms with Gasteiger partial charge < -0.3 is 21.3 Å². The van der Waals surface area contributed by atoms with Crippen molar-refractivity contribution in [2.75, 3.05) is 13.1 Å². The molecule has 9 nitrogen and oxygen atoms in total. The van der Waals surface area contributed by atoms with Crippen molar-refractivity contribution in [3.8, 4) is 5.75 Å². The highest BCUT2D eigenvalue weighted by atomic mass is 32.2. The summed E-state index contributed by atoms with van der Waals surface area (Å²) < 4.78 is 34.3. The van der Waals surface area contributed by atoms with E-state index in [1.807, 2.05) is 30.3 Å². The summed E-state index contributed by atoms with van der Waals surface area (Å²) >= 11 is 0. The number of primary amides is 1. The fourth-order valence-electron chi connectivity index (χ4n) is 3.98. The molecule has 182 valence electrons. The largest absolute Gasteiger partial charge is 0.480 e. The average molecular weight is 496 g/mol. The van der Waals surface area contributed by atoms with Gasteiger partial charge >= 0.3 is 5.97 Å². The number of carboxylic acid groups (broad SMARTS) is 1. The molecule has 1 fully saturated rings. The van der Waals surface area contributed by atoms with Gasteiger partial charge in [0.15, 0.2) is 5.60 Å². The maximum absolute atomic E-state index is 13.3. The van der Waals surface area contributed by atoms with E-state index in [9.17, 15) is 18.0 Å². The van der Waals surface area contributed by atoms with Crippen molar-refractivity contribution in [2.24, 2.45) is 11.5 Å². The van der Waals surface area contributed by atoms with Crippen molar-refractivity contribution in [2.45, 2.75) is 23.0 Å². The number of hydrogen-bond acceptors (Lipinski definition) is 6. The molecule has 0 aromatic heterocycles. The smallest absolute Gasteiger partial charge is 0.320 e. The minimum Gasteiger partial charge on any atom is -0.480 e. The molecule has 1 amide bonds. The van der Waals surface area contributed by atoms with Gasteiger partial charge in [-0.25, -0.2) is 8.42 Å². The molecule has 3 aromatic rings. The molecule has 1 aliphatic rings. The molecular weight excluding hydrogens is 470 g/mol. The first-order valence-corrected chi connectivity index (χ1v) is 12.3. The van der Waals surface area contributed by atoms with Gasteiger partial charge in [-0.2, -0.15) is 4.31 Å². The van der Waals surface area contributed by atoms with Crippen molar-refractivity contribution in [3.05, 3.63) is 95.6 Å². The van der Waals surface area contributed by atoms with Gasteiger partial charge in [-0.3, -0.25) is 9.59 Å². The molecule has 0 spiro atoms. The minimum atomic E-state index is -3.87. The van der Waals surface area contributed by atoms with Crippen LogP contribution in [0.15, 0.2) is 83.8 Å². The van der Waals surface area contributed by atoms with Crippen LogP contribution in [0.1, 0.15) is 21.5 Å². The van der Waals surface area contributed by atoms with Gasteiger partial charge in [-0.15, -0.1) is 0 Å². The van der Waals surface area contributed by atoms with Gasteiger partial charge in [0, 0.05) is 5.56 Å². The molecule has 1 aliphatic heterocycles. The summed E-state index contributed by atoms with van der Waals surface area (Å²) in [5, 5.41) is 9.05. The van der Waals surface area contributed by atoms with E-state index in [2.05, 4.69) is 0 Å². The van der Waals surface area contributed by atoms with E-state index in [-0.39, 0.29) is 24.4 Å². The topological polar surface area (TPSA) is 153 Å². The van der Waals surface area contributed by atoms with Crippen LogP contribution in [0.5, 0.6) is 5.75 Å². The van der Waals surface area contributed by atoms with E-state index in [0.29, 0.717) is 16.9 Å². The minimum absolute atomic E-state index is 0.0110. The fourth-order valence-corrected chi connectivity index (χ4v) is 5.58. The molecule has 3 aromatic carbocycles. The van der Waals surface area contributed by atoms with Crippen LogP contribution in [-0.2, 0) is 26.8 Å². The number of nitrogens with two attached hydrogens (primary N) is 2. The molecule has 1 atom stereocenters. The monoisotopic (exact) mass is 495 g/mol. The summed E-state index contributed by atoms with van der Waals surface area (Å²) in [7, 11) is -3.87. The summed E-state index contributed by atoms with van der Waals surface area (Å²) in [5.41, 5.74) is 11.6. The SMILES string of the molecule is NC(=O)c1ccc(OC2(c3ccccc3)CN(S(=O)(=O)c3cccc(CC(N)C(=O)O)c3)C2)cc1. The van der Waals surface area contributed by atoms with Crippen molar-refractivity contribution in [1.29, 1.82) is 0 Å². The molecule has 0 radical (unpaired) electrons. The zero-order valence-corrected chi connectivity index (χ0v) is 19.5. The molecule has 5 N–H and O–H groups in total. The average Bonchev–Trinajstić information content (AvgIpc) is 2.82. The van der Waals surface area contributed by atoms with Gasteiger partial charge in [-0.1, -0.05) is 42.5 Å². The number of carbonyl (C=O) groups is 2. The maximum Gasteiger partial charge on any atom is 0.320 e. The predicted molar refractivity (Wildman–Crippen MR) is 128 cm³/mol. The molecule has 1 unspecified atom stereocenters. The third-order valence-electron chi connectivity index (χ3n) is 5.92. The highest BCUT2D eigenvalue weighted by molar-refractivity contribution is 7.89. The number of ether oxygens (including phenoxy) is 1. The molecular formula is C25H25N3O6S. The first-order chi connectivity index (χ1) is 16.6. The van der Waals surface area contributed by atoms with Crippen LogP contribution in [0.2, 0.25) is 0 Å². The summed E-state index contributed by atoms with van der Waals surface area (Å²) in [5.74, 6) is -1.24. The zero-order chi connectivity index (χ0) is 25.2. The lowest BCUT2D eigenvalue weighted by molar-refractivity contribution is -0.138. The van der Waals surface area contributed by atoms with Crippen molar-refractivity contribution < 1.29 is 27.9 Å². The van der Waals surface area contributed by atoms with E-state index < -0.39 is 33.5 Å². The first-order valence-electron chi connectivity index (χ1n) is 10.8. The van der Waals surface area contributed by atoms with Crippen molar-refractivity contribution in [1.82, 2.24) is 4.31 Å². The number of aliphatic carboxylic acids is 1. The number of amides is 1. The number of hydrogen-bond donors (Lipinski definition) is 3. The standard InChI is InChI=1S/C25H25N3O6S/c26-22(24(30)31)14-17-5-4-8-21(13-17)35(32,33)28-15-25(16-28,19-6-2-1-3-7-19)34-20-11-9-18(10-12-20)23(27)29/h1-13,22H,14-16,26H2,(H2,27,29)(H,30,31). The van der Waals surface area contributed by atoms with Crippen LogP contribution < -0.4 is 16.2 Å². The number of benzene rings is 3. The summed E-state index contributed by atoms with van der Waals surface area (Å²) in [4.78, 5) is 22.5. The maximum atomic E-state index is 13.3. The molecule has 0 bridgehead atoms. The Kier molecular flexibility index (Phi) is 6.62. The molecule has 0 aliphatic carbocycles. The van der Waals surface area contributed by atoms with Crippen molar-refractivity contribution >= 4 is 21.9 Å². The highest BCUT2D eigenvalue weighted by Gasteiger charge is 2.52. The van der Waals surface area contributed by atoms with Crippen LogP contribution >= 0.6 is 0 Å². The zero-order valence-electron chi connectivity index (χ0n) is 18.7. The normalized spacial score (nSPS) is 16.1. The molecule has 4 rings (SSSR count). The Hall–Kier alpha value is -3.73. The Morgan fingerprint density at radius 1 is 1.00 bits per heavy atom. The van der Waals surface area contributed by atoms with Crippen LogP contribution in [-0.4, -0.2) is 48.8 Å². The number of rotatable bonds is 9. The van der Waals surface area contributed by atoms with E-state index in [1.165, 1.54) is 16.4 Å². The van der Waals surface area contributed by atoms with Crippen LogP contribution in [0, 0.1) is 0 Å². The highest BCUT2D eigenvalue weighted by Crippen LogP contribution is 2.40. The fraction of sp³-hybridized carbons (Fsp3) is 0.200. The Labute approximate surface area is 203 Å². The van der Waals surface area contributed by atoms with Gasteiger partial charge in [0.05, 0.1) is 18.0 Å². The third-order valence-corrected chi connectivity index (χ3v) is 7.71. The van der Waals surface area contributed by atoms with E-state index in [0.717, 1.165) is 5.56 Å². The van der Waals surface area contributed by atoms with Gasteiger partial charge in [0.1, 0.15) is 11.8 Å². The quantitative estimate of drug-likeness (QED) is 0.408. The Bertz CT molecular complexity index is 1340. The van der Waals surface area contributed by atoms with E-state index in [1.54, 1.807) is 36.4 Å². The molecule has 35 heavy (non-hydrogen) atoms. The van der Waals surface area contributed by atoms with Gasteiger partial charge in [0.25, 0.3) is 0 Å². The number of sulfonamides is 1. The molecule has 10 heteroatoms. The van der Waals surface area contributed by atoms with Crippen molar-refractivity contribution in [3.63, 3.8) is 0 Å². The molecule has 1 heterocycles. The van der Waals surface area contributed by atoms with E-state index in [4.69, 9.17) is 21.3 Å². The molecule has 0 saturated carbocycles. The lowest BCUT2D eigenvalue weighted by atomic mass is 9.87. The Morgan fingerprint density at radius 2 is 1.66 bits per heavy atom. The predicted octanol–water partition coefficient (Wildman–Crippen LogP) is 1.72. The number of carbonyl (C=O) groups excluding carboxylic acids is 1. The third kappa shape index (κ3) is 5.04. The number of nitrogens with zero attached hydrogens (tertiary/aromatic N) is 1. The van der Waals surface area contributed by atoms with Gasteiger partial charge in [-0.05, 0) is 53.9 Å². The number of carboxylic acids is 1. The second-order valence-electron chi connectivity index (χ2n) is 8.42. The van der Waals surface area contributed by atoms with Crippen LogP contribution in [0.3, 0.4) is 0 Å². The molecule has 1 saturated heterocycles.